The minimum absolute atomic E-state index is 0.341. The Balaban J connectivity index is 2.69. The van der Waals surface area contributed by atoms with Gasteiger partial charge in [-0.15, -0.1) is 0 Å². The van der Waals surface area contributed by atoms with Crippen molar-refractivity contribution in [3.63, 3.8) is 0 Å². The first-order valence-electron chi connectivity index (χ1n) is 6.62. The predicted octanol–water partition coefficient (Wildman–Crippen LogP) is 3.48. The van der Waals surface area contributed by atoms with Crippen LogP contribution in [0.5, 0.6) is 0 Å². The molecule has 16 heavy (non-hydrogen) atoms. The van der Waals surface area contributed by atoms with Crippen LogP contribution in [0.3, 0.4) is 0 Å². The summed E-state index contributed by atoms with van der Waals surface area (Å²) in [5, 5.41) is 3.37. The second kappa shape index (κ2) is 6.29. The molecule has 94 valence electrons. The van der Waals surface area contributed by atoms with E-state index < -0.39 is 0 Å². The van der Waals surface area contributed by atoms with E-state index in [2.05, 4.69) is 33.0 Å². The average Bonchev–Trinajstić information content (AvgIpc) is 2.38. The quantitative estimate of drug-likeness (QED) is 0.791. The smallest absolute Gasteiger partial charge is 0.0610 e. The normalized spacial score (nSPS) is 27.1. The molecule has 2 atom stereocenters. The van der Waals surface area contributed by atoms with Crippen molar-refractivity contribution in [1.82, 2.24) is 5.32 Å². The minimum Gasteiger partial charge on any atom is -0.391 e. The molecule has 0 bridgehead atoms. The van der Waals surface area contributed by atoms with Crippen molar-refractivity contribution >= 4 is 0 Å². The molecule has 1 aliphatic carbocycles. The number of hydrogen-bond donors (Lipinski definition) is 1. The molecule has 0 aliphatic heterocycles. The topological polar surface area (TPSA) is 21.3 Å². The number of allylic oxidation sites excluding steroid dienone is 2. The van der Waals surface area contributed by atoms with Crippen LogP contribution in [0.2, 0.25) is 0 Å². The molecule has 1 aliphatic rings. The summed E-state index contributed by atoms with van der Waals surface area (Å²) in [4.78, 5) is 0. The molecule has 0 radical (unpaired) electrons. The maximum Gasteiger partial charge on any atom is 0.0610 e. The van der Waals surface area contributed by atoms with Gasteiger partial charge in [-0.3, -0.25) is 0 Å². The van der Waals surface area contributed by atoms with E-state index in [4.69, 9.17) is 4.74 Å². The summed E-state index contributed by atoms with van der Waals surface area (Å²) >= 11 is 0. The molecule has 0 saturated carbocycles. The SMILES string of the molecule is CCC1=C(NC)CC(C)C(OC(C)C)CC1. The lowest BCUT2D eigenvalue weighted by molar-refractivity contribution is -0.0249. The molecule has 2 nitrogen and oxygen atoms in total. The fourth-order valence-electron chi connectivity index (χ4n) is 2.57. The van der Waals surface area contributed by atoms with Crippen molar-refractivity contribution in [2.75, 3.05) is 7.05 Å². The molecule has 1 N–H and O–H groups in total. The van der Waals surface area contributed by atoms with Crippen LogP contribution in [-0.2, 0) is 4.74 Å². The third-order valence-electron chi connectivity index (χ3n) is 3.49. The van der Waals surface area contributed by atoms with Gasteiger partial charge in [0.1, 0.15) is 0 Å². The van der Waals surface area contributed by atoms with Gasteiger partial charge in [-0.05, 0) is 45.4 Å². The summed E-state index contributed by atoms with van der Waals surface area (Å²) in [5.74, 6) is 0.619. The van der Waals surface area contributed by atoms with Gasteiger partial charge in [0.25, 0.3) is 0 Å². The Kier molecular flexibility index (Phi) is 5.33. The molecule has 0 aromatic carbocycles. The zero-order chi connectivity index (χ0) is 12.1. The fourth-order valence-corrected chi connectivity index (χ4v) is 2.57. The minimum atomic E-state index is 0.341. The highest BCUT2D eigenvalue weighted by Gasteiger charge is 2.24. The summed E-state index contributed by atoms with van der Waals surface area (Å²) in [7, 11) is 2.04. The van der Waals surface area contributed by atoms with E-state index in [1.807, 2.05) is 7.05 Å². The van der Waals surface area contributed by atoms with E-state index in [1.165, 1.54) is 18.5 Å². The number of rotatable bonds is 4. The Morgan fingerprint density at radius 1 is 1.44 bits per heavy atom. The lowest BCUT2D eigenvalue weighted by atomic mass is 9.98. The number of ether oxygens (including phenoxy) is 1. The van der Waals surface area contributed by atoms with Crippen LogP contribution in [0.1, 0.15) is 53.4 Å². The summed E-state index contributed by atoms with van der Waals surface area (Å²) in [6, 6.07) is 0. The Hall–Kier alpha value is -0.500. The van der Waals surface area contributed by atoms with Crippen LogP contribution in [0.25, 0.3) is 0 Å². The van der Waals surface area contributed by atoms with Crippen molar-refractivity contribution in [1.29, 1.82) is 0 Å². The Morgan fingerprint density at radius 2 is 2.12 bits per heavy atom. The monoisotopic (exact) mass is 225 g/mol. The van der Waals surface area contributed by atoms with E-state index in [0.717, 1.165) is 12.8 Å². The number of hydrogen-bond acceptors (Lipinski definition) is 2. The van der Waals surface area contributed by atoms with Crippen LogP contribution < -0.4 is 5.32 Å². The van der Waals surface area contributed by atoms with Crippen LogP contribution in [-0.4, -0.2) is 19.3 Å². The van der Waals surface area contributed by atoms with Gasteiger partial charge in [0, 0.05) is 12.7 Å². The van der Waals surface area contributed by atoms with E-state index in [1.54, 1.807) is 5.57 Å². The average molecular weight is 225 g/mol. The van der Waals surface area contributed by atoms with E-state index in [-0.39, 0.29) is 0 Å². The molecule has 0 aromatic rings. The van der Waals surface area contributed by atoms with Crippen LogP contribution in [0.4, 0.5) is 0 Å². The zero-order valence-electron chi connectivity index (χ0n) is 11.5. The van der Waals surface area contributed by atoms with Crippen molar-refractivity contribution < 1.29 is 4.74 Å². The van der Waals surface area contributed by atoms with E-state index in [9.17, 15) is 0 Å². The van der Waals surface area contributed by atoms with Crippen molar-refractivity contribution in [2.45, 2.75) is 65.6 Å². The molecule has 0 spiro atoms. The van der Waals surface area contributed by atoms with Gasteiger partial charge in [0.05, 0.1) is 12.2 Å². The van der Waals surface area contributed by atoms with Gasteiger partial charge in [-0.25, -0.2) is 0 Å². The first kappa shape index (κ1) is 13.6. The molecule has 0 amide bonds. The van der Waals surface area contributed by atoms with Gasteiger partial charge in [0.15, 0.2) is 0 Å². The summed E-state index contributed by atoms with van der Waals surface area (Å²) < 4.78 is 6.01. The molecule has 2 unspecified atom stereocenters. The van der Waals surface area contributed by atoms with Gasteiger partial charge >= 0.3 is 0 Å². The highest BCUT2D eigenvalue weighted by atomic mass is 16.5. The second-order valence-electron chi connectivity index (χ2n) is 5.13. The van der Waals surface area contributed by atoms with Crippen molar-refractivity contribution in [3.05, 3.63) is 11.3 Å². The lowest BCUT2D eigenvalue weighted by Crippen LogP contribution is -2.25. The van der Waals surface area contributed by atoms with Crippen LogP contribution in [0, 0.1) is 5.92 Å². The highest BCUT2D eigenvalue weighted by Crippen LogP contribution is 2.30. The molecular formula is C14H27NO. The molecule has 0 saturated heterocycles. The van der Waals surface area contributed by atoms with Gasteiger partial charge in [-0.1, -0.05) is 19.4 Å². The van der Waals surface area contributed by atoms with Crippen LogP contribution >= 0.6 is 0 Å². The zero-order valence-corrected chi connectivity index (χ0v) is 11.5. The molecule has 1 rings (SSSR count). The predicted molar refractivity (Wildman–Crippen MR) is 69.4 cm³/mol. The molecule has 0 heterocycles. The maximum atomic E-state index is 6.01. The summed E-state index contributed by atoms with van der Waals surface area (Å²) in [6.07, 6.45) is 5.43. The lowest BCUT2D eigenvalue weighted by Gasteiger charge is -2.24. The second-order valence-corrected chi connectivity index (χ2v) is 5.13. The fraction of sp³-hybridized carbons (Fsp3) is 0.857. The molecule has 0 aromatic heterocycles. The number of nitrogens with one attached hydrogen (secondary N) is 1. The third kappa shape index (κ3) is 3.51. The molecular weight excluding hydrogens is 198 g/mol. The van der Waals surface area contributed by atoms with Crippen LogP contribution in [0.15, 0.2) is 11.3 Å². The first-order chi connectivity index (χ1) is 7.58. The maximum absolute atomic E-state index is 6.01. The Bertz CT molecular complexity index is 245. The highest BCUT2D eigenvalue weighted by molar-refractivity contribution is 5.15. The molecule has 0 fully saturated rings. The van der Waals surface area contributed by atoms with Crippen molar-refractivity contribution in [3.8, 4) is 0 Å². The van der Waals surface area contributed by atoms with Gasteiger partial charge in [0.2, 0.25) is 0 Å². The van der Waals surface area contributed by atoms with E-state index >= 15 is 0 Å². The Morgan fingerprint density at radius 3 is 2.62 bits per heavy atom. The first-order valence-corrected chi connectivity index (χ1v) is 6.62. The standard InChI is InChI=1S/C14H27NO/c1-6-12-7-8-14(16-10(2)3)11(4)9-13(12)15-5/h10-11,14-15H,6-9H2,1-5H3. The summed E-state index contributed by atoms with van der Waals surface area (Å²) in [5.41, 5.74) is 3.04. The molecule has 2 heteroatoms. The largest absolute Gasteiger partial charge is 0.391 e. The van der Waals surface area contributed by atoms with Gasteiger partial charge in [-0.2, -0.15) is 0 Å². The third-order valence-corrected chi connectivity index (χ3v) is 3.49. The Labute approximate surface area is 100 Å². The summed E-state index contributed by atoms with van der Waals surface area (Å²) in [6.45, 7) is 8.82. The van der Waals surface area contributed by atoms with Crippen molar-refractivity contribution in [2.24, 2.45) is 5.92 Å². The van der Waals surface area contributed by atoms with Gasteiger partial charge < -0.3 is 10.1 Å². The van der Waals surface area contributed by atoms with E-state index in [0.29, 0.717) is 18.1 Å².